The molecule has 0 spiro atoms. The molecular weight excluding hydrogens is 508 g/mol. The highest BCUT2D eigenvalue weighted by Gasteiger charge is 2.36. The Morgan fingerprint density at radius 3 is 2.41 bits per heavy atom. The number of anilines is 2. The fourth-order valence-electron chi connectivity index (χ4n) is 4.42. The molecule has 0 aliphatic carbocycles. The summed E-state index contributed by atoms with van der Waals surface area (Å²) in [6.07, 6.45) is 0. The topological polar surface area (TPSA) is 103 Å². The first-order valence-corrected chi connectivity index (χ1v) is 13.6. The standard InChI is InChI=1S/C31H30N4O3S/c1-4-38-26-16-9-8-15-24(26)29-25(18-32)31(39-19-27(36)34-23-14-10-11-20(2)17-23)33-21(3)28(29)30(37)35-22-12-6-5-7-13-22/h5-17,29,33H,4,19H2,1-3H3,(H,34,36)(H,35,37)/t29-/m1/s1. The van der Waals surface area contributed by atoms with Gasteiger partial charge >= 0.3 is 0 Å². The number of amides is 2. The maximum atomic E-state index is 13.6. The van der Waals surface area contributed by atoms with Crippen LogP contribution in [0.25, 0.3) is 0 Å². The van der Waals surface area contributed by atoms with Crippen LogP contribution in [0.2, 0.25) is 0 Å². The van der Waals surface area contributed by atoms with E-state index in [1.807, 2.05) is 92.7 Å². The Bertz CT molecular complexity index is 1470. The van der Waals surface area contributed by atoms with Gasteiger partial charge in [0.2, 0.25) is 5.91 Å². The minimum absolute atomic E-state index is 0.0834. The van der Waals surface area contributed by atoms with Crippen LogP contribution in [0.15, 0.2) is 101 Å². The van der Waals surface area contributed by atoms with Crippen molar-refractivity contribution in [1.29, 1.82) is 5.26 Å². The van der Waals surface area contributed by atoms with Gasteiger partial charge in [0.05, 0.1) is 34.9 Å². The lowest BCUT2D eigenvalue weighted by Crippen LogP contribution is -2.31. The first-order chi connectivity index (χ1) is 18.9. The van der Waals surface area contributed by atoms with Gasteiger partial charge in [-0.25, -0.2) is 0 Å². The fraction of sp³-hybridized carbons (Fsp3) is 0.194. The van der Waals surface area contributed by atoms with Gasteiger partial charge in [0.15, 0.2) is 0 Å². The van der Waals surface area contributed by atoms with E-state index in [4.69, 9.17) is 4.74 Å². The zero-order chi connectivity index (χ0) is 27.8. The summed E-state index contributed by atoms with van der Waals surface area (Å²) in [6.45, 7) is 6.08. The summed E-state index contributed by atoms with van der Waals surface area (Å²) in [7, 11) is 0. The number of nitrogens with one attached hydrogen (secondary N) is 3. The summed E-state index contributed by atoms with van der Waals surface area (Å²) < 4.78 is 5.90. The molecule has 0 bridgehead atoms. The van der Waals surface area contributed by atoms with E-state index in [0.29, 0.717) is 51.2 Å². The first-order valence-electron chi connectivity index (χ1n) is 12.6. The molecule has 8 heteroatoms. The summed E-state index contributed by atoms with van der Waals surface area (Å²) >= 11 is 1.23. The van der Waals surface area contributed by atoms with Crippen LogP contribution in [0.5, 0.6) is 5.75 Å². The molecule has 39 heavy (non-hydrogen) atoms. The third kappa shape index (κ3) is 6.70. The van der Waals surface area contributed by atoms with Crippen molar-refractivity contribution < 1.29 is 14.3 Å². The van der Waals surface area contributed by atoms with Gasteiger partial charge in [-0.2, -0.15) is 5.26 Å². The molecule has 7 nitrogen and oxygen atoms in total. The molecule has 0 fully saturated rings. The average molecular weight is 539 g/mol. The van der Waals surface area contributed by atoms with Crippen molar-refractivity contribution in [2.45, 2.75) is 26.7 Å². The number of carbonyl (C=O) groups excluding carboxylic acids is 2. The van der Waals surface area contributed by atoms with Crippen molar-refractivity contribution in [3.05, 3.63) is 112 Å². The molecular formula is C31H30N4O3S. The Hall–Kier alpha value is -4.48. The molecule has 1 aliphatic rings. The summed E-state index contributed by atoms with van der Waals surface area (Å²) in [5.74, 6) is -0.529. The second-order valence-corrected chi connectivity index (χ2v) is 9.93. The van der Waals surface area contributed by atoms with E-state index in [-0.39, 0.29) is 17.6 Å². The quantitative estimate of drug-likeness (QED) is 0.304. The van der Waals surface area contributed by atoms with Crippen LogP contribution in [0.3, 0.4) is 0 Å². The molecule has 2 amide bonds. The fourth-order valence-corrected chi connectivity index (χ4v) is 5.31. The van der Waals surface area contributed by atoms with Gasteiger partial charge < -0.3 is 20.7 Å². The molecule has 3 N–H and O–H groups in total. The van der Waals surface area contributed by atoms with Gasteiger partial charge in [0, 0.05) is 28.2 Å². The van der Waals surface area contributed by atoms with Crippen LogP contribution in [-0.4, -0.2) is 24.2 Å². The molecule has 0 unspecified atom stereocenters. The number of para-hydroxylation sites is 2. The van der Waals surface area contributed by atoms with E-state index in [9.17, 15) is 14.9 Å². The van der Waals surface area contributed by atoms with Gasteiger partial charge in [0.25, 0.3) is 5.91 Å². The predicted octanol–water partition coefficient (Wildman–Crippen LogP) is 6.10. The highest BCUT2D eigenvalue weighted by Crippen LogP contribution is 2.44. The molecule has 1 atom stereocenters. The minimum atomic E-state index is -0.690. The van der Waals surface area contributed by atoms with Gasteiger partial charge in [-0.05, 0) is 56.7 Å². The lowest BCUT2D eigenvalue weighted by Gasteiger charge is -2.30. The lowest BCUT2D eigenvalue weighted by molar-refractivity contribution is -0.114. The number of thioether (sulfide) groups is 1. The SMILES string of the molecule is CCOc1ccccc1[C@@H]1C(C#N)=C(SCC(=O)Nc2cccc(C)c2)NC(C)=C1C(=O)Nc1ccccc1. The predicted molar refractivity (Wildman–Crippen MR) is 156 cm³/mol. The molecule has 1 heterocycles. The maximum absolute atomic E-state index is 13.6. The Morgan fingerprint density at radius 1 is 0.974 bits per heavy atom. The van der Waals surface area contributed by atoms with Crippen LogP contribution >= 0.6 is 11.8 Å². The number of carbonyl (C=O) groups is 2. The second kappa shape index (κ2) is 12.9. The summed E-state index contributed by atoms with van der Waals surface area (Å²) in [5.41, 5.74) is 4.47. The Labute approximate surface area is 233 Å². The summed E-state index contributed by atoms with van der Waals surface area (Å²) in [5, 5.41) is 20.0. The number of aryl methyl sites for hydroxylation is 1. The number of benzene rings is 3. The van der Waals surface area contributed by atoms with Crippen LogP contribution in [0.1, 0.15) is 30.9 Å². The number of hydrogen-bond donors (Lipinski definition) is 3. The Morgan fingerprint density at radius 2 is 1.69 bits per heavy atom. The van der Waals surface area contributed by atoms with Crippen LogP contribution < -0.4 is 20.7 Å². The number of allylic oxidation sites excluding steroid dienone is 2. The molecule has 3 aromatic carbocycles. The normalized spacial score (nSPS) is 14.8. The molecule has 0 saturated heterocycles. The monoisotopic (exact) mass is 538 g/mol. The molecule has 0 radical (unpaired) electrons. The maximum Gasteiger partial charge on any atom is 0.254 e. The van der Waals surface area contributed by atoms with Gasteiger partial charge in [0.1, 0.15) is 5.75 Å². The molecule has 3 aromatic rings. The van der Waals surface area contributed by atoms with Crippen LogP contribution in [-0.2, 0) is 9.59 Å². The number of rotatable bonds is 9. The van der Waals surface area contributed by atoms with Crippen LogP contribution in [0.4, 0.5) is 11.4 Å². The van der Waals surface area contributed by atoms with Crippen molar-refractivity contribution >= 4 is 35.0 Å². The first kappa shape index (κ1) is 27.6. The van der Waals surface area contributed by atoms with Crippen molar-refractivity contribution in [3.8, 4) is 11.8 Å². The van der Waals surface area contributed by atoms with Crippen molar-refractivity contribution in [3.63, 3.8) is 0 Å². The number of hydrogen-bond acceptors (Lipinski definition) is 6. The van der Waals surface area contributed by atoms with E-state index in [1.165, 1.54) is 11.8 Å². The van der Waals surface area contributed by atoms with Gasteiger partial charge in [-0.3, -0.25) is 9.59 Å². The average Bonchev–Trinajstić information content (AvgIpc) is 2.92. The van der Waals surface area contributed by atoms with E-state index < -0.39 is 5.92 Å². The number of ether oxygens (including phenoxy) is 1. The second-order valence-electron chi connectivity index (χ2n) is 8.95. The van der Waals surface area contributed by atoms with E-state index in [0.717, 1.165) is 5.56 Å². The largest absolute Gasteiger partial charge is 0.494 e. The highest BCUT2D eigenvalue weighted by atomic mass is 32.2. The number of nitriles is 1. The summed E-state index contributed by atoms with van der Waals surface area (Å²) in [6, 6.07) is 26.5. The van der Waals surface area contributed by atoms with E-state index in [2.05, 4.69) is 22.0 Å². The molecule has 1 aliphatic heterocycles. The zero-order valence-electron chi connectivity index (χ0n) is 22.1. The van der Waals surface area contributed by atoms with E-state index >= 15 is 0 Å². The number of nitrogens with zero attached hydrogens (tertiary/aromatic N) is 1. The highest BCUT2D eigenvalue weighted by molar-refractivity contribution is 8.03. The number of dihydropyridines is 1. The van der Waals surface area contributed by atoms with Crippen molar-refractivity contribution in [1.82, 2.24) is 5.32 Å². The smallest absolute Gasteiger partial charge is 0.254 e. The third-order valence-electron chi connectivity index (χ3n) is 6.10. The minimum Gasteiger partial charge on any atom is -0.494 e. The molecule has 0 saturated carbocycles. The van der Waals surface area contributed by atoms with Crippen LogP contribution in [0, 0.1) is 18.3 Å². The molecule has 198 valence electrons. The molecule has 0 aromatic heterocycles. The van der Waals surface area contributed by atoms with E-state index in [1.54, 1.807) is 6.92 Å². The lowest BCUT2D eigenvalue weighted by atomic mass is 9.81. The molecule has 4 rings (SSSR count). The van der Waals surface area contributed by atoms with Crippen molar-refractivity contribution in [2.75, 3.05) is 23.0 Å². The zero-order valence-corrected chi connectivity index (χ0v) is 22.9. The van der Waals surface area contributed by atoms with Gasteiger partial charge in [-0.15, -0.1) is 0 Å². The van der Waals surface area contributed by atoms with Gasteiger partial charge in [-0.1, -0.05) is 60.3 Å². The summed E-state index contributed by atoms with van der Waals surface area (Å²) in [4.78, 5) is 26.4. The van der Waals surface area contributed by atoms with Crippen molar-refractivity contribution in [2.24, 2.45) is 0 Å². The Balaban J connectivity index is 1.68. The third-order valence-corrected chi connectivity index (χ3v) is 7.12. The Kier molecular flexibility index (Phi) is 9.08.